The Morgan fingerprint density at radius 3 is 2.72 bits per heavy atom. The van der Waals surface area contributed by atoms with E-state index < -0.39 is 0 Å². The van der Waals surface area contributed by atoms with Crippen molar-refractivity contribution >= 4 is 34.1 Å². The van der Waals surface area contributed by atoms with Crippen LogP contribution in [0.15, 0.2) is 72.4 Å². The molecule has 1 aliphatic heterocycles. The number of carbonyl (C=O) groups is 1. The molecule has 0 aliphatic carbocycles. The van der Waals surface area contributed by atoms with Crippen LogP contribution in [0.25, 0.3) is 22.3 Å². The molecule has 3 aromatic heterocycles. The topological polar surface area (TPSA) is 108 Å². The Bertz CT molecular complexity index is 1600. The summed E-state index contributed by atoms with van der Waals surface area (Å²) in [6, 6.07) is 19.4. The Hall–Kier alpha value is -4.44. The fourth-order valence-corrected chi connectivity index (χ4v) is 5.50. The summed E-state index contributed by atoms with van der Waals surface area (Å²) >= 11 is 1.67. The molecule has 5 aromatic rings. The Kier molecular flexibility index (Phi) is 6.85. The van der Waals surface area contributed by atoms with Crippen molar-refractivity contribution in [3.63, 3.8) is 0 Å². The van der Waals surface area contributed by atoms with Crippen LogP contribution in [0.4, 0.5) is 5.82 Å². The molecule has 2 aromatic carbocycles. The predicted octanol–water partition coefficient (Wildman–Crippen LogP) is 5.69. The van der Waals surface area contributed by atoms with Gasteiger partial charge < -0.3 is 20.1 Å². The average Bonchev–Trinajstić information content (AvgIpc) is 3.62. The lowest BCUT2D eigenvalue weighted by atomic mass is 10.1. The highest BCUT2D eigenvalue weighted by Gasteiger charge is 2.27. The highest BCUT2D eigenvalue weighted by Crippen LogP contribution is 2.35. The molecule has 0 bridgehead atoms. The van der Waals surface area contributed by atoms with Crippen molar-refractivity contribution in [3.05, 3.63) is 77.2 Å². The van der Waals surface area contributed by atoms with Crippen LogP contribution >= 0.6 is 11.3 Å². The van der Waals surface area contributed by atoms with Crippen molar-refractivity contribution in [2.45, 2.75) is 32.4 Å². The maximum Gasteiger partial charge on any atom is 0.219 e. The lowest BCUT2D eigenvalue weighted by molar-refractivity contribution is -0.130. The smallest absolute Gasteiger partial charge is 0.219 e. The first-order chi connectivity index (χ1) is 19.0. The number of fused-ring (bicyclic) bond motifs is 1. The summed E-state index contributed by atoms with van der Waals surface area (Å²) in [7, 11) is 0. The number of ether oxygens (including phenoxy) is 2. The van der Waals surface area contributed by atoms with E-state index in [0.717, 1.165) is 35.6 Å². The summed E-state index contributed by atoms with van der Waals surface area (Å²) < 4.78 is 13.9. The van der Waals surface area contributed by atoms with Crippen LogP contribution in [0.3, 0.4) is 0 Å². The van der Waals surface area contributed by atoms with Gasteiger partial charge in [-0.05, 0) is 60.7 Å². The van der Waals surface area contributed by atoms with Crippen LogP contribution in [-0.4, -0.2) is 43.6 Å². The van der Waals surface area contributed by atoms with Crippen molar-refractivity contribution < 1.29 is 14.3 Å². The van der Waals surface area contributed by atoms with E-state index in [-0.39, 0.29) is 11.9 Å². The number of likely N-dealkylation sites (tertiary alicyclic amines) is 1. The molecule has 2 N–H and O–H groups in total. The Balaban J connectivity index is 1.24. The lowest BCUT2D eigenvalue weighted by Gasteiger charge is -2.32. The molecule has 0 unspecified atom stereocenters. The van der Waals surface area contributed by atoms with Crippen LogP contribution in [0.1, 0.15) is 30.7 Å². The zero-order valence-electron chi connectivity index (χ0n) is 21.5. The van der Waals surface area contributed by atoms with Crippen LogP contribution in [0.5, 0.6) is 17.2 Å². The van der Waals surface area contributed by atoms with E-state index in [2.05, 4.69) is 16.0 Å². The minimum Gasteiger partial charge on any atom is -0.488 e. The zero-order valence-corrected chi connectivity index (χ0v) is 22.3. The fourth-order valence-electron chi connectivity index (χ4n) is 4.89. The predicted molar refractivity (Wildman–Crippen MR) is 151 cm³/mol. The molecule has 198 valence electrons. The van der Waals surface area contributed by atoms with Gasteiger partial charge in [0.15, 0.2) is 5.65 Å². The van der Waals surface area contributed by atoms with Crippen molar-refractivity contribution in [1.82, 2.24) is 24.6 Å². The minimum absolute atomic E-state index is 0.0186. The second kappa shape index (κ2) is 10.7. The maximum atomic E-state index is 12.0. The number of amides is 1. The molecular formula is C29H28N6O3S. The highest BCUT2D eigenvalue weighted by atomic mass is 32.1. The molecule has 6 rings (SSSR count). The van der Waals surface area contributed by atoms with Gasteiger partial charge in [-0.25, -0.2) is 14.6 Å². The molecule has 1 fully saturated rings. The first-order valence-corrected chi connectivity index (χ1v) is 13.7. The number of carbonyl (C=O) groups excluding carboxylic acids is 1. The summed E-state index contributed by atoms with van der Waals surface area (Å²) in [5.74, 6) is 2.56. The molecule has 0 spiro atoms. The molecule has 9 nitrogen and oxygen atoms in total. The number of anilines is 1. The SMILES string of the molecule is CC(=O)N1CCC[C@@H](n2nc(-c3ccc(Oc4cccc(OCc5cccs5)c4)cc3)c3c(N)ncnc32)C1. The third-order valence-corrected chi connectivity index (χ3v) is 7.69. The van der Waals surface area contributed by atoms with Gasteiger partial charge in [0.2, 0.25) is 5.91 Å². The minimum atomic E-state index is 0.0186. The van der Waals surface area contributed by atoms with Gasteiger partial charge >= 0.3 is 0 Å². The molecule has 0 saturated carbocycles. The second-order valence-electron chi connectivity index (χ2n) is 9.48. The summed E-state index contributed by atoms with van der Waals surface area (Å²) in [6.45, 7) is 3.49. The van der Waals surface area contributed by atoms with Gasteiger partial charge in [-0.3, -0.25) is 4.79 Å². The third kappa shape index (κ3) is 5.28. The molecule has 10 heteroatoms. The fraction of sp³-hybridized carbons (Fsp3) is 0.241. The number of piperidine rings is 1. The molecule has 1 amide bonds. The number of nitrogens with two attached hydrogens (primary N) is 1. The summed E-state index contributed by atoms with van der Waals surface area (Å²) in [5.41, 5.74) is 8.57. The average molecular weight is 541 g/mol. The zero-order chi connectivity index (χ0) is 26.8. The second-order valence-corrected chi connectivity index (χ2v) is 10.5. The molecule has 1 saturated heterocycles. The molecule has 1 atom stereocenters. The van der Waals surface area contributed by atoms with E-state index in [4.69, 9.17) is 20.3 Å². The third-order valence-electron chi connectivity index (χ3n) is 6.84. The van der Waals surface area contributed by atoms with E-state index >= 15 is 0 Å². The normalized spacial score (nSPS) is 15.4. The molecule has 0 radical (unpaired) electrons. The van der Waals surface area contributed by atoms with E-state index in [1.807, 2.05) is 69.6 Å². The number of hydrogen-bond donors (Lipinski definition) is 1. The Labute approximate surface area is 229 Å². The quantitative estimate of drug-likeness (QED) is 0.282. The van der Waals surface area contributed by atoms with Crippen LogP contribution in [0.2, 0.25) is 0 Å². The van der Waals surface area contributed by atoms with Crippen LogP contribution < -0.4 is 15.2 Å². The van der Waals surface area contributed by atoms with Gasteiger partial charge in [0, 0.05) is 36.5 Å². The summed E-state index contributed by atoms with van der Waals surface area (Å²) in [6.07, 6.45) is 3.28. The first-order valence-electron chi connectivity index (χ1n) is 12.8. The van der Waals surface area contributed by atoms with Crippen molar-refractivity contribution in [2.75, 3.05) is 18.8 Å². The Morgan fingerprint density at radius 1 is 1.08 bits per heavy atom. The van der Waals surface area contributed by atoms with Crippen molar-refractivity contribution in [2.24, 2.45) is 0 Å². The number of rotatable bonds is 7. The van der Waals surface area contributed by atoms with Gasteiger partial charge in [0.25, 0.3) is 0 Å². The van der Waals surface area contributed by atoms with Crippen molar-refractivity contribution in [3.8, 4) is 28.5 Å². The number of thiophene rings is 1. The van der Waals surface area contributed by atoms with Crippen LogP contribution in [0, 0.1) is 0 Å². The first kappa shape index (κ1) is 24.9. The maximum absolute atomic E-state index is 12.0. The van der Waals surface area contributed by atoms with Crippen LogP contribution in [-0.2, 0) is 11.4 Å². The lowest BCUT2D eigenvalue weighted by Crippen LogP contribution is -2.39. The van der Waals surface area contributed by atoms with E-state index in [0.29, 0.717) is 47.2 Å². The number of benzene rings is 2. The van der Waals surface area contributed by atoms with Crippen molar-refractivity contribution in [1.29, 1.82) is 0 Å². The van der Waals surface area contributed by atoms with Gasteiger partial charge in [0.1, 0.15) is 41.7 Å². The largest absolute Gasteiger partial charge is 0.488 e. The van der Waals surface area contributed by atoms with E-state index in [1.54, 1.807) is 18.3 Å². The van der Waals surface area contributed by atoms with E-state index in [9.17, 15) is 4.79 Å². The number of hydrogen-bond acceptors (Lipinski definition) is 8. The summed E-state index contributed by atoms with van der Waals surface area (Å²) in [5, 5.41) is 7.69. The molecule has 1 aliphatic rings. The highest BCUT2D eigenvalue weighted by molar-refractivity contribution is 7.09. The van der Waals surface area contributed by atoms with Gasteiger partial charge in [-0.2, -0.15) is 5.10 Å². The van der Waals surface area contributed by atoms with E-state index in [1.165, 1.54) is 6.33 Å². The van der Waals surface area contributed by atoms with Gasteiger partial charge in [0.05, 0.1) is 11.4 Å². The van der Waals surface area contributed by atoms with Gasteiger partial charge in [-0.15, -0.1) is 11.3 Å². The molecule has 39 heavy (non-hydrogen) atoms. The monoisotopic (exact) mass is 540 g/mol. The summed E-state index contributed by atoms with van der Waals surface area (Å²) in [4.78, 5) is 23.8. The Morgan fingerprint density at radius 2 is 1.92 bits per heavy atom. The number of nitrogen functional groups attached to an aromatic ring is 1. The number of nitrogens with zero attached hydrogens (tertiary/aromatic N) is 5. The molecular weight excluding hydrogens is 512 g/mol. The van der Waals surface area contributed by atoms with Gasteiger partial charge in [-0.1, -0.05) is 12.1 Å². The standard InChI is InChI=1S/C29H28N6O3S/c1-19(36)34-13-3-5-21(16-34)35-29-26(28(30)31-18-32-29)27(33-35)20-9-11-22(12-10-20)38-24-7-2-6-23(15-24)37-17-25-8-4-14-39-25/h2,4,6-12,14-15,18,21H,3,5,13,16-17H2,1H3,(H2,30,31,32)/t21-/m1/s1. The number of aromatic nitrogens is 4. The molecule has 4 heterocycles.